The summed E-state index contributed by atoms with van der Waals surface area (Å²) in [7, 11) is 0. The number of halogens is 3. The smallest absolute Gasteiger partial charge is 0.408 e. The van der Waals surface area contributed by atoms with Crippen LogP contribution in [0.25, 0.3) is 22.2 Å². The molecule has 3 aromatic rings. The molecule has 1 atom stereocenters. The van der Waals surface area contributed by atoms with Gasteiger partial charge >= 0.3 is 6.09 Å². The Kier molecular flexibility index (Phi) is 5.66. The molecule has 0 fully saturated rings. The fourth-order valence-electron chi connectivity index (χ4n) is 2.86. The SMILES string of the molecule is CC(NC(=O)OC(C)(C)C)c1ccnc2c(F)cc(-c3nc(Cl)ncc3F)cc12. The van der Waals surface area contributed by atoms with Crippen molar-refractivity contribution in [2.24, 2.45) is 0 Å². The molecule has 1 N–H and O–H groups in total. The predicted octanol–water partition coefficient (Wildman–Crippen LogP) is 5.21. The average Bonchev–Trinajstić information content (AvgIpc) is 2.61. The van der Waals surface area contributed by atoms with Crippen molar-refractivity contribution in [3.05, 3.63) is 53.1 Å². The standard InChI is InChI=1S/C20H19ClF2N4O2/c1-10(26-19(28)29-20(2,3)4)12-5-6-24-17-13(12)7-11(8-14(17)22)16-15(23)9-25-18(21)27-16/h5-10H,1-4H3,(H,26,28). The van der Waals surface area contributed by atoms with Gasteiger partial charge in [0.2, 0.25) is 5.28 Å². The van der Waals surface area contributed by atoms with Gasteiger partial charge in [0.1, 0.15) is 22.6 Å². The summed E-state index contributed by atoms with van der Waals surface area (Å²) < 4.78 is 34.2. The zero-order chi connectivity index (χ0) is 21.3. The zero-order valence-electron chi connectivity index (χ0n) is 16.3. The van der Waals surface area contributed by atoms with Gasteiger partial charge in [-0.25, -0.2) is 23.5 Å². The summed E-state index contributed by atoms with van der Waals surface area (Å²) in [4.78, 5) is 23.6. The van der Waals surface area contributed by atoms with E-state index in [4.69, 9.17) is 16.3 Å². The van der Waals surface area contributed by atoms with Crippen molar-refractivity contribution in [1.29, 1.82) is 0 Å². The second kappa shape index (κ2) is 7.87. The highest BCUT2D eigenvalue weighted by molar-refractivity contribution is 6.28. The van der Waals surface area contributed by atoms with Crippen LogP contribution in [0.2, 0.25) is 5.28 Å². The number of alkyl carbamates (subject to hydrolysis) is 1. The van der Waals surface area contributed by atoms with E-state index in [1.165, 1.54) is 6.20 Å². The molecule has 2 aromatic heterocycles. The molecule has 0 aliphatic rings. The van der Waals surface area contributed by atoms with Gasteiger partial charge in [-0.2, -0.15) is 0 Å². The summed E-state index contributed by atoms with van der Waals surface area (Å²) in [6, 6.07) is 3.81. The van der Waals surface area contributed by atoms with Gasteiger partial charge in [0, 0.05) is 17.1 Å². The van der Waals surface area contributed by atoms with E-state index in [9.17, 15) is 13.6 Å². The summed E-state index contributed by atoms with van der Waals surface area (Å²) in [6.07, 6.45) is 1.75. The van der Waals surface area contributed by atoms with E-state index in [2.05, 4.69) is 20.3 Å². The van der Waals surface area contributed by atoms with Crippen LogP contribution in [0, 0.1) is 11.6 Å². The number of hydrogen-bond acceptors (Lipinski definition) is 5. The molecule has 0 aliphatic carbocycles. The van der Waals surface area contributed by atoms with Crippen LogP contribution in [-0.4, -0.2) is 26.6 Å². The highest BCUT2D eigenvalue weighted by Crippen LogP contribution is 2.31. The first-order valence-electron chi connectivity index (χ1n) is 8.81. The number of carbonyl (C=O) groups is 1. The monoisotopic (exact) mass is 420 g/mol. The molecule has 1 amide bonds. The number of amides is 1. The van der Waals surface area contributed by atoms with Crippen molar-refractivity contribution in [2.45, 2.75) is 39.3 Å². The topological polar surface area (TPSA) is 77.0 Å². The molecule has 1 unspecified atom stereocenters. The summed E-state index contributed by atoms with van der Waals surface area (Å²) in [5.74, 6) is -1.39. The number of fused-ring (bicyclic) bond motifs is 1. The number of hydrogen-bond donors (Lipinski definition) is 1. The third-order valence-electron chi connectivity index (χ3n) is 4.02. The Balaban J connectivity index is 2.06. The Morgan fingerprint density at radius 1 is 1.21 bits per heavy atom. The molecular weight excluding hydrogens is 402 g/mol. The maximum Gasteiger partial charge on any atom is 0.408 e. The Morgan fingerprint density at radius 3 is 2.62 bits per heavy atom. The van der Waals surface area contributed by atoms with Gasteiger partial charge in [-0.3, -0.25) is 4.98 Å². The van der Waals surface area contributed by atoms with Crippen LogP contribution in [0.5, 0.6) is 0 Å². The summed E-state index contributed by atoms with van der Waals surface area (Å²) in [5.41, 5.74) is 0.0587. The molecule has 0 bridgehead atoms. The van der Waals surface area contributed by atoms with Crippen molar-refractivity contribution in [2.75, 3.05) is 0 Å². The van der Waals surface area contributed by atoms with Crippen molar-refractivity contribution >= 4 is 28.6 Å². The molecular formula is C20H19ClF2N4O2. The maximum atomic E-state index is 14.7. The number of benzene rings is 1. The Labute approximate surface area is 171 Å². The molecule has 0 spiro atoms. The van der Waals surface area contributed by atoms with Gasteiger partial charge in [0.05, 0.1) is 12.2 Å². The molecule has 29 heavy (non-hydrogen) atoms. The number of nitrogens with one attached hydrogen (secondary N) is 1. The number of pyridine rings is 1. The maximum absolute atomic E-state index is 14.7. The lowest BCUT2D eigenvalue weighted by Crippen LogP contribution is -2.34. The molecule has 152 valence electrons. The summed E-state index contributed by atoms with van der Waals surface area (Å²) >= 11 is 5.76. The zero-order valence-corrected chi connectivity index (χ0v) is 17.0. The summed E-state index contributed by atoms with van der Waals surface area (Å²) in [5, 5.41) is 2.96. The summed E-state index contributed by atoms with van der Waals surface area (Å²) in [6.45, 7) is 6.98. The predicted molar refractivity (Wildman–Crippen MR) is 105 cm³/mol. The quantitative estimate of drug-likeness (QED) is 0.588. The van der Waals surface area contributed by atoms with Crippen LogP contribution < -0.4 is 5.32 Å². The van der Waals surface area contributed by atoms with E-state index < -0.39 is 29.4 Å². The third kappa shape index (κ3) is 4.76. The van der Waals surface area contributed by atoms with Crippen molar-refractivity contribution < 1.29 is 18.3 Å². The van der Waals surface area contributed by atoms with E-state index in [1.54, 1.807) is 39.8 Å². The van der Waals surface area contributed by atoms with Gasteiger partial charge in [-0.1, -0.05) is 0 Å². The normalized spacial score (nSPS) is 12.7. The van der Waals surface area contributed by atoms with E-state index >= 15 is 0 Å². The first-order chi connectivity index (χ1) is 13.5. The first kappa shape index (κ1) is 20.9. The second-order valence-corrected chi connectivity index (χ2v) is 7.80. The second-order valence-electron chi connectivity index (χ2n) is 7.46. The molecule has 2 heterocycles. The number of nitrogens with zero attached hydrogens (tertiary/aromatic N) is 3. The van der Waals surface area contributed by atoms with E-state index in [1.807, 2.05) is 0 Å². The van der Waals surface area contributed by atoms with Crippen molar-refractivity contribution in [1.82, 2.24) is 20.3 Å². The number of ether oxygens (including phenoxy) is 1. The van der Waals surface area contributed by atoms with Crippen LogP contribution in [-0.2, 0) is 4.74 Å². The molecule has 0 saturated carbocycles. The Morgan fingerprint density at radius 2 is 1.93 bits per heavy atom. The van der Waals surface area contributed by atoms with Gasteiger partial charge in [0.25, 0.3) is 0 Å². The number of aromatic nitrogens is 3. The van der Waals surface area contributed by atoms with E-state index in [-0.39, 0.29) is 22.1 Å². The lowest BCUT2D eigenvalue weighted by molar-refractivity contribution is 0.0508. The highest BCUT2D eigenvalue weighted by atomic mass is 35.5. The Bertz CT molecular complexity index is 1090. The van der Waals surface area contributed by atoms with Gasteiger partial charge in [-0.05, 0) is 63.1 Å². The van der Waals surface area contributed by atoms with Crippen LogP contribution in [0.15, 0.2) is 30.6 Å². The minimum absolute atomic E-state index is 0.0876. The molecule has 1 aromatic carbocycles. The molecule has 0 saturated heterocycles. The van der Waals surface area contributed by atoms with E-state index in [0.29, 0.717) is 10.9 Å². The van der Waals surface area contributed by atoms with Crippen LogP contribution in [0.1, 0.15) is 39.3 Å². The fraction of sp³-hybridized carbons (Fsp3) is 0.300. The fourth-order valence-corrected chi connectivity index (χ4v) is 2.99. The molecule has 3 rings (SSSR count). The third-order valence-corrected chi connectivity index (χ3v) is 4.20. The molecule has 0 radical (unpaired) electrons. The largest absolute Gasteiger partial charge is 0.444 e. The van der Waals surface area contributed by atoms with Crippen molar-refractivity contribution in [3.63, 3.8) is 0 Å². The van der Waals surface area contributed by atoms with Crippen LogP contribution in [0.4, 0.5) is 13.6 Å². The lowest BCUT2D eigenvalue weighted by atomic mass is 9.99. The average molecular weight is 421 g/mol. The van der Waals surface area contributed by atoms with E-state index in [0.717, 1.165) is 12.3 Å². The molecule has 9 heteroatoms. The minimum Gasteiger partial charge on any atom is -0.444 e. The van der Waals surface area contributed by atoms with Crippen LogP contribution in [0.3, 0.4) is 0 Å². The number of rotatable bonds is 3. The van der Waals surface area contributed by atoms with Crippen molar-refractivity contribution in [3.8, 4) is 11.3 Å². The Hall–Kier alpha value is -2.87. The van der Waals surface area contributed by atoms with Gasteiger partial charge in [0.15, 0.2) is 5.82 Å². The lowest BCUT2D eigenvalue weighted by Gasteiger charge is -2.22. The molecule has 0 aliphatic heterocycles. The highest BCUT2D eigenvalue weighted by Gasteiger charge is 2.21. The number of carbonyl (C=O) groups excluding carboxylic acids is 1. The minimum atomic E-state index is -0.737. The first-order valence-corrected chi connectivity index (χ1v) is 9.19. The molecule has 6 nitrogen and oxygen atoms in total. The van der Waals surface area contributed by atoms with Gasteiger partial charge < -0.3 is 10.1 Å². The van der Waals surface area contributed by atoms with Crippen LogP contribution >= 0.6 is 11.6 Å². The van der Waals surface area contributed by atoms with Gasteiger partial charge in [-0.15, -0.1) is 0 Å².